The van der Waals surface area contributed by atoms with Crippen LogP contribution in [0, 0.1) is 5.82 Å². The number of anilines is 1. The van der Waals surface area contributed by atoms with Crippen LogP contribution in [-0.2, 0) is 0 Å². The molecule has 1 saturated heterocycles. The van der Waals surface area contributed by atoms with Gasteiger partial charge in [0.2, 0.25) is 0 Å². The molecule has 1 unspecified atom stereocenters. The number of pyridine rings is 2. The van der Waals surface area contributed by atoms with Crippen LogP contribution in [0.3, 0.4) is 0 Å². The van der Waals surface area contributed by atoms with Gasteiger partial charge in [-0.1, -0.05) is 18.2 Å². The lowest BCUT2D eigenvalue weighted by molar-refractivity contribution is -0.0457. The number of hydrogen-bond donors (Lipinski definition) is 3. The minimum atomic E-state index is -0.808. The van der Waals surface area contributed by atoms with Gasteiger partial charge in [0.15, 0.2) is 0 Å². The maximum Gasteiger partial charge on any atom is 0.149 e. The molecule has 128 valence electrons. The Kier molecular flexibility index (Phi) is 3.84. The molecule has 6 nitrogen and oxygen atoms in total. The third-order valence-electron chi connectivity index (χ3n) is 4.47. The van der Waals surface area contributed by atoms with Crippen molar-refractivity contribution in [3.63, 3.8) is 0 Å². The van der Waals surface area contributed by atoms with E-state index in [-0.39, 0.29) is 17.7 Å². The van der Waals surface area contributed by atoms with E-state index in [9.17, 15) is 9.50 Å². The molecule has 1 aliphatic rings. The van der Waals surface area contributed by atoms with Gasteiger partial charge in [-0.05, 0) is 18.2 Å². The van der Waals surface area contributed by atoms with Crippen molar-refractivity contribution in [3.8, 4) is 11.3 Å². The summed E-state index contributed by atoms with van der Waals surface area (Å²) in [6.45, 7) is 1.25. The lowest BCUT2D eigenvalue weighted by Crippen LogP contribution is -2.56. The van der Waals surface area contributed by atoms with E-state index in [1.54, 1.807) is 24.4 Å². The number of aliphatic hydroxyl groups is 1. The quantitative estimate of drug-likeness (QED) is 0.671. The van der Waals surface area contributed by atoms with Gasteiger partial charge in [0.1, 0.15) is 23.4 Å². The van der Waals surface area contributed by atoms with Gasteiger partial charge < -0.3 is 16.6 Å². The highest BCUT2D eigenvalue weighted by Gasteiger charge is 2.30. The molecule has 0 bridgehead atoms. The first-order valence-electron chi connectivity index (χ1n) is 8.01. The van der Waals surface area contributed by atoms with Gasteiger partial charge in [-0.3, -0.25) is 4.90 Å². The average molecular weight is 339 g/mol. The van der Waals surface area contributed by atoms with Crippen molar-refractivity contribution in [1.82, 2.24) is 14.9 Å². The van der Waals surface area contributed by atoms with Crippen molar-refractivity contribution in [2.75, 3.05) is 18.8 Å². The molecule has 7 heteroatoms. The fourth-order valence-electron chi connectivity index (χ4n) is 3.12. The lowest BCUT2D eigenvalue weighted by Gasteiger charge is -2.40. The molecule has 25 heavy (non-hydrogen) atoms. The summed E-state index contributed by atoms with van der Waals surface area (Å²) in [5, 5.41) is 11.3. The molecular formula is C18H18FN5O. The predicted octanol–water partition coefficient (Wildman–Crippen LogP) is 1.65. The Morgan fingerprint density at radius 1 is 1.24 bits per heavy atom. The Bertz CT molecular complexity index is 942. The number of fused-ring (bicyclic) bond motifs is 1. The third kappa shape index (κ3) is 2.82. The maximum absolute atomic E-state index is 13.5. The van der Waals surface area contributed by atoms with Gasteiger partial charge in [0, 0.05) is 41.8 Å². The normalized spacial score (nSPS) is 16.8. The third-order valence-corrected chi connectivity index (χ3v) is 4.47. The highest BCUT2D eigenvalue weighted by atomic mass is 19.1. The van der Waals surface area contributed by atoms with Crippen LogP contribution in [0.15, 0.2) is 42.6 Å². The standard InChI is InChI=1S/C18H18FN5O/c19-11-3-1-2-10(6-11)15-5-4-13-14(7-22-17(21)16(13)23-15)18(25)24-8-12(20)9-24/h1-7,12,18,25H,8-9,20H2,(H2,21,22). The van der Waals surface area contributed by atoms with E-state index in [1.165, 1.54) is 12.1 Å². The summed E-state index contributed by atoms with van der Waals surface area (Å²) < 4.78 is 13.5. The molecule has 5 N–H and O–H groups in total. The highest BCUT2D eigenvalue weighted by Crippen LogP contribution is 2.31. The number of benzene rings is 1. The summed E-state index contributed by atoms with van der Waals surface area (Å²) in [5.41, 5.74) is 14.1. The number of hydrogen-bond acceptors (Lipinski definition) is 6. The number of likely N-dealkylation sites (tertiary alicyclic amines) is 1. The summed E-state index contributed by atoms with van der Waals surface area (Å²) in [6.07, 6.45) is 0.757. The SMILES string of the molecule is Nc1ncc(C(O)N2CC(N)C2)c2ccc(-c3cccc(F)c3)nc12. The number of halogens is 1. The number of rotatable bonds is 3. The number of nitrogen functional groups attached to an aromatic ring is 1. The van der Waals surface area contributed by atoms with Crippen molar-refractivity contribution in [2.45, 2.75) is 12.3 Å². The number of nitrogens with zero attached hydrogens (tertiary/aromatic N) is 3. The van der Waals surface area contributed by atoms with Crippen LogP contribution >= 0.6 is 0 Å². The molecule has 1 atom stereocenters. The Morgan fingerprint density at radius 2 is 2.04 bits per heavy atom. The minimum Gasteiger partial charge on any atom is -0.382 e. The molecular weight excluding hydrogens is 321 g/mol. The van der Waals surface area contributed by atoms with Crippen molar-refractivity contribution in [1.29, 1.82) is 0 Å². The lowest BCUT2D eigenvalue weighted by atomic mass is 10.0. The summed E-state index contributed by atoms with van der Waals surface area (Å²) in [5.74, 6) is -0.0618. The van der Waals surface area contributed by atoms with Crippen LogP contribution in [0.1, 0.15) is 11.8 Å². The maximum atomic E-state index is 13.5. The van der Waals surface area contributed by atoms with Crippen LogP contribution in [0.4, 0.5) is 10.2 Å². The van der Waals surface area contributed by atoms with E-state index in [0.29, 0.717) is 35.4 Å². The predicted molar refractivity (Wildman–Crippen MR) is 93.9 cm³/mol. The van der Waals surface area contributed by atoms with Gasteiger partial charge >= 0.3 is 0 Å². The van der Waals surface area contributed by atoms with Gasteiger partial charge in [-0.15, -0.1) is 0 Å². The monoisotopic (exact) mass is 339 g/mol. The molecule has 1 aliphatic heterocycles. The molecule has 0 aliphatic carbocycles. The number of aromatic nitrogens is 2. The van der Waals surface area contributed by atoms with Crippen LogP contribution in [0.5, 0.6) is 0 Å². The van der Waals surface area contributed by atoms with Crippen molar-refractivity contribution in [2.24, 2.45) is 5.73 Å². The Balaban J connectivity index is 1.79. The van der Waals surface area contributed by atoms with E-state index in [4.69, 9.17) is 11.5 Å². The first-order valence-corrected chi connectivity index (χ1v) is 8.01. The van der Waals surface area contributed by atoms with Crippen LogP contribution in [0.2, 0.25) is 0 Å². The fraction of sp³-hybridized carbons (Fsp3) is 0.222. The number of nitrogens with two attached hydrogens (primary N) is 2. The second-order valence-corrected chi connectivity index (χ2v) is 6.29. The zero-order valence-electron chi connectivity index (χ0n) is 13.4. The molecule has 1 fully saturated rings. The smallest absolute Gasteiger partial charge is 0.149 e. The summed E-state index contributed by atoms with van der Waals surface area (Å²) >= 11 is 0. The molecule has 3 heterocycles. The van der Waals surface area contributed by atoms with Gasteiger partial charge in [-0.25, -0.2) is 14.4 Å². The molecule has 0 amide bonds. The summed E-state index contributed by atoms with van der Waals surface area (Å²) in [4.78, 5) is 10.6. The molecule has 0 spiro atoms. The minimum absolute atomic E-state index is 0.0837. The van der Waals surface area contributed by atoms with Crippen LogP contribution in [0.25, 0.3) is 22.2 Å². The van der Waals surface area contributed by atoms with Crippen molar-refractivity contribution < 1.29 is 9.50 Å². The molecule has 0 saturated carbocycles. The zero-order valence-corrected chi connectivity index (χ0v) is 13.4. The molecule has 1 aromatic carbocycles. The van der Waals surface area contributed by atoms with E-state index in [2.05, 4.69) is 9.97 Å². The van der Waals surface area contributed by atoms with Gasteiger partial charge in [0.05, 0.1) is 5.69 Å². The highest BCUT2D eigenvalue weighted by molar-refractivity contribution is 5.91. The van der Waals surface area contributed by atoms with E-state index in [0.717, 1.165) is 5.39 Å². The Morgan fingerprint density at radius 3 is 2.76 bits per heavy atom. The number of aliphatic hydroxyl groups excluding tert-OH is 1. The molecule has 4 rings (SSSR count). The van der Waals surface area contributed by atoms with Crippen LogP contribution < -0.4 is 11.5 Å². The van der Waals surface area contributed by atoms with Crippen molar-refractivity contribution >= 4 is 16.7 Å². The second-order valence-electron chi connectivity index (χ2n) is 6.29. The zero-order chi connectivity index (χ0) is 17.6. The van der Waals surface area contributed by atoms with Gasteiger partial charge in [0.25, 0.3) is 0 Å². The topological polar surface area (TPSA) is 101 Å². The van der Waals surface area contributed by atoms with E-state index in [1.807, 2.05) is 11.0 Å². The largest absolute Gasteiger partial charge is 0.382 e. The van der Waals surface area contributed by atoms with Gasteiger partial charge in [-0.2, -0.15) is 0 Å². The Hall–Kier alpha value is -2.61. The summed E-state index contributed by atoms with van der Waals surface area (Å²) in [6, 6.07) is 9.91. The second kappa shape index (κ2) is 6.03. The molecule has 3 aromatic rings. The van der Waals surface area contributed by atoms with E-state index >= 15 is 0 Å². The van der Waals surface area contributed by atoms with E-state index < -0.39 is 6.23 Å². The fourth-order valence-corrected chi connectivity index (χ4v) is 3.12. The van der Waals surface area contributed by atoms with Crippen LogP contribution in [-0.4, -0.2) is 39.1 Å². The average Bonchev–Trinajstić information content (AvgIpc) is 2.59. The summed E-state index contributed by atoms with van der Waals surface area (Å²) in [7, 11) is 0. The first kappa shape index (κ1) is 15.9. The Labute approximate surface area is 143 Å². The molecule has 2 aromatic heterocycles. The molecule has 0 radical (unpaired) electrons. The van der Waals surface area contributed by atoms with Crippen molar-refractivity contribution in [3.05, 3.63) is 54.0 Å². The first-order chi connectivity index (χ1) is 12.0.